The third-order valence-corrected chi connectivity index (χ3v) is 5.39. The number of carbonyl (C=O) groups is 2. The second-order valence-electron chi connectivity index (χ2n) is 7.23. The van der Waals surface area contributed by atoms with Gasteiger partial charge in [-0.2, -0.15) is 5.10 Å². The summed E-state index contributed by atoms with van der Waals surface area (Å²) < 4.78 is 1.86. The fraction of sp³-hybridized carbons (Fsp3) is 0.227. The Morgan fingerprint density at radius 2 is 2.10 bits per heavy atom. The van der Waals surface area contributed by atoms with Crippen molar-refractivity contribution in [2.45, 2.75) is 25.3 Å². The van der Waals surface area contributed by atoms with E-state index in [4.69, 9.17) is 5.73 Å². The van der Waals surface area contributed by atoms with E-state index >= 15 is 0 Å². The van der Waals surface area contributed by atoms with Crippen LogP contribution in [-0.2, 0) is 24.1 Å². The quantitative estimate of drug-likeness (QED) is 0.649. The van der Waals surface area contributed by atoms with E-state index in [0.29, 0.717) is 17.7 Å². The highest BCUT2D eigenvalue weighted by atomic mass is 16.3. The third kappa shape index (κ3) is 3.40. The molecule has 1 unspecified atom stereocenters. The fourth-order valence-corrected chi connectivity index (χ4v) is 3.87. The average Bonchev–Trinajstić information content (AvgIpc) is 3.15. The predicted molar refractivity (Wildman–Crippen MR) is 110 cm³/mol. The molecule has 0 saturated heterocycles. The molecule has 1 atom stereocenters. The number of para-hydroxylation sites is 1. The summed E-state index contributed by atoms with van der Waals surface area (Å²) in [6, 6.07) is 11.4. The molecule has 0 radical (unpaired) electrons. The van der Waals surface area contributed by atoms with Crippen molar-refractivity contribution >= 4 is 17.9 Å². The number of benzene rings is 2. The molecule has 29 heavy (non-hydrogen) atoms. The van der Waals surface area contributed by atoms with Crippen LogP contribution in [0.2, 0.25) is 0 Å². The predicted octanol–water partition coefficient (Wildman–Crippen LogP) is 2.02. The molecule has 0 saturated carbocycles. The van der Waals surface area contributed by atoms with Gasteiger partial charge in [0.05, 0.1) is 23.6 Å². The molecule has 148 valence electrons. The topological polar surface area (TPSA) is 101 Å². The molecule has 1 amide bonds. The number of hydrogen-bond acceptors (Lipinski definition) is 5. The zero-order valence-electron chi connectivity index (χ0n) is 16.1. The summed E-state index contributed by atoms with van der Waals surface area (Å²) >= 11 is 0. The van der Waals surface area contributed by atoms with Crippen molar-refractivity contribution < 1.29 is 14.7 Å². The van der Waals surface area contributed by atoms with Crippen LogP contribution in [-0.4, -0.2) is 40.2 Å². The number of aldehydes is 1. The number of phenols is 1. The summed E-state index contributed by atoms with van der Waals surface area (Å²) in [5, 5.41) is 14.2. The number of aryl methyl sites for hydroxylation is 1. The largest absolute Gasteiger partial charge is 0.508 e. The van der Waals surface area contributed by atoms with Crippen LogP contribution in [0.3, 0.4) is 0 Å². The number of likely N-dealkylation sites (N-methyl/N-ethyl adjacent to an activating group) is 1. The summed E-state index contributed by atoms with van der Waals surface area (Å²) in [6.45, 7) is 0. The number of amides is 1. The van der Waals surface area contributed by atoms with Crippen LogP contribution in [0.5, 0.6) is 5.75 Å². The normalized spacial score (nSPS) is 13.3. The molecule has 1 aromatic heterocycles. The highest BCUT2D eigenvalue weighted by Crippen LogP contribution is 2.29. The summed E-state index contributed by atoms with van der Waals surface area (Å²) in [6.07, 6.45) is 4.39. The SMILES string of the molecule is CN(C(=O)C(N)Cc1cnn2c1CCc1cc(O)ccc1-2)c1ccccc1C=O. The van der Waals surface area contributed by atoms with Crippen molar-refractivity contribution in [1.82, 2.24) is 9.78 Å². The zero-order chi connectivity index (χ0) is 20.5. The van der Waals surface area contributed by atoms with E-state index in [9.17, 15) is 14.7 Å². The van der Waals surface area contributed by atoms with Crippen LogP contribution in [0.25, 0.3) is 5.69 Å². The Morgan fingerprint density at radius 3 is 2.90 bits per heavy atom. The van der Waals surface area contributed by atoms with Crippen molar-refractivity contribution in [2.24, 2.45) is 5.73 Å². The first-order valence-corrected chi connectivity index (χ1v) is 9.45. The number of anilines is 1. The summed E-state index contributed by atoms with van der Waals surface area (Å²) in [5.74, 6) is -0.0220. The van der Waals surface area contributed by atoms with E-state index in [0.717, 1.165) is 41.6 Å². The van der Waals surface area contributed by atoms with Crippen LogP contribution < -0.4 is 10.6 Å². The number of aromatic hydroxyl groups is 1. The molecule has 0 spiro atoms. The van der Waals surface area contributed by atoms with Crippen LogP contribution in [0.1, 0.15) is 27.2 Å². The lowest BCUT2D eigenvalue weighted by atomic mass is 9.97. The Hall–Kier alpha value is -3.45. The zero-order valence-corrected chi connectivity index (χ0v) is 16.1. The summed E-state index contributed by atoms with van der Waals surface area (Å²) in [4.78, 5) is 25.6. The van der Waals surface area contributed by atoms with Crippen LogP contribution in [0, 0.1) is 0 Å². The standard InChI is InChI=1S/C22H22N4O3/c1-25(19-5-3-2-4-15(19)13-27)22(29)18(23)11-16-12-24-26-20-9-7-17(28)10-14(20)6-8-21(16)26/h2-5,7,9-10,12-13,18,28H,6,8,11,23H2,1H3. The second-order valence-corrected chi connectivity index (χ2v) is 7.23. The van der Waals surface area contributed by atoms with Crippen LogP contribution >= 0.6 is 0 Å². The Morgan fingerprint density at radius 1 is 1.31 bits per heavy atom. The minimum absolute atomic E-state index is 0.242. The Kier molecular flexibility index (Phi) is 4.90. The Balaban J connectivity index is 1.55. The highest BCUT2D eigenvalue weighted by Gasteiger charge is 2.25. The van der Waals surface area contributed by atoms with E-state index < -0.39 is 6.04 Å². The van der Waals surface area contributed by atoms with Crippen molar-refractivity contribution in [1.29, 1.82) is 0 Å². The van der Waals surface area contributed by atoms with Gasteiger partial charge >= 0.3 is 0 Å². The van der Waals surface area contributed by atoms with Gasteiger partial charge in [-0.25, -0.2) is 4.68 Å². The molecule has 7 heteroatoms. The molecule has 2 aromatic carbocycles. The number of phenolic OH excluding ortho intramolecular Hbond substituents is 1. The molecule has 2 heterocycles. The van der Waals surface area contributed by atoms with Gasteiger partial charge in [-0.05, 0) is 60.7 Å². The van der Waals surface area contributed by atoms with E-state index in [1.807, 2.05) is 10.7 Å². The molecule has 1 aliphatic rings. The van der Waals surface area contributed by atoms with E-state index in [1.54, 1.807) is 49.6 Å². The summed E-state index contributed by atoms with van der Waals surface area (Å²) in [5.41, 5.74) is 11.2. The maximum atomic E-state index is 12.9. The van der Waals surface area contributed by atoms with Gasteiger partial charge in [0.15, 0.2) is 6.29 Å². The van der Waals surface area contributed by atoms with Crippen LogP contribution in [0.4, 0.5) is 5.69 Å². The summed E-state index contributed by atoms with van der Waals surface area (Å²) in [7, 11) is 1.63. The van der Waals surface area contributed by atoms with Crippen molar-refractivity contribution in [2.75, 3.05) is 11.9 Å². The van der Waals surface area contributed by atoms with Crippen molar-refractivity contribution in [3.8, 4) is 11.4 Å². The lowest BCUT2D eigenvalue weighted by Gasteiger charge is -2.23. The fourth-order valence-electron chi connectivity index (χ4n) is 3.87. The minimum atomic E-state index is -0.755. The highest BCUT2D eigenvalue weighted by molar-refractivity contribution is 6.00. The first-order chi connectivity index (χ1) is 14.0. The maximum absolute atomic E-state index is 12.9. The van der Waals surface area contributed by atoms with E-state index in [-0.39, 0.29) is 11.7 Å². The molecular formula is C22H22N4O3. The molecule has 7 nitrogen and oxygen atoms in total. The first kappa shape index (κ1) is 18.9. The number of nitrogens with two attached hydrogens (primary N) is 1. The van der Waals surface area contributed by atoms with Gasteiger partial charge in [-0.3, -0.25) is 9.59 Å². The van der Waals surface area contributed by atoms with Crippen LogP contribution in [0.15, 0.2) is 48.7 Å². The number of carbonyl (C=O) groups excluding carboxylic acids is 2. The number of aromatic nitrogens is 2. The molecule has 1 aliphatic heterocycles. The smallest absolute Gasteiger partial charge is 0.243 e. The third-order valence-electron chi connectivity index (χ3n) is 5.39. The lowest BCUT2D eigenvalue weighted by molar-refractivity contribution is -0.119. The molecule has 0 fully saturated rings. The van der Waals surface area contributed by atoms with Gasteiger partial charge in [0.2, 0.25) is 5.91 Å². The first-order valence-electron chi connectivity index (χ1n) is 9.45. The second kappa shape index (κ2) is 7.52. The van der Waals surface area contributed by atoms with E-state index in [2.05, 4.69) is 5.10 Å². The van der Waals surface area contributed by atoms with Crippen molar-refractivity contribution in [3.63, 3.8) is 0 Å². The lowest BCUT2D eigenvalue weighted by Crippen LogP contribution is -2.43. The number of hydrogen-bond donors (Lipinski definition) is 2. The molecule has 3 aromatic rings. The van der Waals surface area contributed by atoms with Gasteiger partial charge in [0.25, 0.3) is 0 Å². The number of fused-ring (bicyclic) bond motifs is 3. The van der Waals surface area contributed by atoms with Gasteiger partial charge in [-0.1, -0.05) is 12.1 Å². The number of nitrogens with zero attached hydrogens (tertiary/aromatic N) is 3. The molecule has 3 N–H and O–H groups in total. The minimum Gasteiger partial charge on any atom is -0.508 e. The Bertz CT molecular complexity index is 1090. The van der Waals surface area contributed by atoms with E-state index in [1.165, 1.54) is 4.90 Å². The average molecular weight is 390 g/mol. The Labute approximate surface area is 168 Å². The molecular weight excluding hydrogens is 368 g/mol. The molecule has 0 bridgehead atoms. The van der Waals surface area contributed by atoms with Crippen molar-refractivity contribution in [3.05, 3.63) is 71.0 Å². The van der Waals surface area contributed by atoms with Gasteiger partial charge in [0, 0.05) is 18.3 Å². The molecule has 4 rings (SSSR count). The maximum Gasteiger partial charge on any atom is 0.243 e. The van der Waals surface area contributed by atoms with Gasteiger partial charge < -0.3 is 15.7 Å². The monoisotopic (exact) mass is 390 g/mol. The molecule has 0 aliphatic carbocycles. The van der Waals surface area contributed by atoms with Gasteiger partial charge in [-0.15, -0.1) is 0 Å². The van der Waals surface area contributed by atoms with Gasteiger partial charge in [0.1, 0.15) is 5.75 Å². The number of rotatable bonds is 5.